The predicted molar refractivity (Wildman–Crippen MR) is 58.7 cm³/mol. The molecule has 0 saturated carbocycles. The van der Waals surface area contributed by atoms with Gasteiger partial charge in [0.1, 0.15) is 5.30 Å². The van der Waals surface area contributed by atoms with Crippen LogP contribution >= 0.6 is 7.60 Å². The van der Waals surface area contributed by atoms with E-state index in [2.05, 4.69) is 14.7 Å². The second-order valence-corrected chi connectivity index (χ2v) is 5.55. The van der Waals surface area contributed by atoms with Gasteiger partial charge in [-0.25, -0.2) is 4.68 Å². The molecule has 0 aliphatic carbocycles. The van der Waals surface area contributed by atoms with Gasteiger partial charge in [0.2, 0.25) is 11.3 Å². The Bertz CT molecular complexity index is 637. The minimum atomic E-state index is -4.09. The molecule has 2 rings (SSSR count). The summed E-state index contributed by atoms with van der Waals surface area (Å²) in [6, 6.07) is 0. The molecule has 0 aliphatic heterocycles. The molecular formula is C9H13N4O3P. The highest BCUT2D eigenvalue weighted by molar-refractivity contribution is 7.60. The standard InChI is InChI=1S/C9H13N4O3P/c1-6-8(17(14,15)16-4)7-5-10-13(3)9(7)11-12(6)2/h5H,1-4H3. The van der Waals surface area contributed by atoms with Crippen LogP contribution in [0.1, 0.15) is 5.69 Å². The molecule has 1 atom stereocenters. The fourth-order valence-corrected chi connectivity index (χ4v) is 2.90. The van der Waals surface area contributed by atoms with Crippen LogP contribution in [0.25, 0.3) is 11.0 Å². The molecule has 1 unspecified atom stereocenters. The Morgan fingerprint density at radius 1 is 1.59 bits per heavy atom. The van der Waals surface area contributed by atoms with E-state index in [4.69, 9.17) is 0 Å². The Balaban J connectivity index is 2.94. The van der Waals surface area contributed by atoms with Crippen molar-refractivity contribution in [1.82, 2.24) is 14.9 Å². The van der Waals surface area contributed by atoms with E-state index in [1.54, 1.807) is 21.0 Å². The lowest BCUT2D eigenvalue weighted by molar-refractivity contribution is -0.733. The highest BCUT2D eigenvalue weighted by atomic mass is 31.2. The van der Waals surface area contributed by atoms with E-state index >= 15 is 0 Å². The van der Waals surface area contributed by atoms with Gasteiger partial charge in [0.15, 0.2) is 14.6 Å². The maximum absolute atomic E-state index is 11.9. The van der Waals surface area contributed by atoms with Crippen molar-refractivity contribution in [1.29, 1.82) is 0 Å². The highest BCUT2D eigenvalue weighted by Crippen LogP contribution is 2.37. The monoisotopic (exact) mass is 256 g/mol. The number of aromatic nitrogens is 4. The fourth-order valence-electron chi connectivity index (χ4n) is 1.72. The van der Waals surface area contributed by atoms with E-state index in [0.717, 1.165) is 7.11 Å². The summed E-state index contributed by atoms with van der Waals surface area (Å²) in [5.41, 5.74) is 1.02. The summed E-state index contributed by atoms with van der Waals surface area (Å²) in [5.74, 6) is 0. The molecular weight excluding hydrogens is 243 g/mol. The molecule has 0 N–H and O–H groups in total. The van der Waals surface area contributed by atoms with Crippen LogP contribution in [0.2, 0.25) is 0 Å². The Morgan fingerprint density at radius 2 is 2.24 bits per heavy atom. The number of hydrogen-bond donors (Lipinski definition) is 0. The van der Waals surface area contributed by atoms with Gasteiger partial charge in [-0.15, -0.1) is 0 Å². The van der Waals surface area contributed by atoms with E-state index in [9.17, 15) is 9.46 Å². The SMILES string of the molecule is COP(=O)([O-])c1c(C)[n+](C)nc2c1cnn2C. The molecule has 0 saturated heterocycles. The minimum Gasteiger partial charge on any atom is -0.775 e. The molecule has 2 heterocycles. The molecule has 17 heavy (non-hydrogen) atoms. The lowest BCUT2D eigenvalue weighted by Gasteiger charge is -2.21. The third kappa shape index (κ3) is 1.76. The van der Waals surface area contributed by atoms with E-state index in [1.807, 2.05) is 0 Å². The maximum atomic E-state index is 11.9. The Morgan fingerprint density at radius 3 is 2.82 bits per heavy atom. The maximum Gasteiger partial charge on any atom is 0.226 e. The largest absolute Gasteiger partial charge is 0.775 e. The summed E-state index contributed by atoms with van der Waals surface area (Å²) in [4.78, 5) is 11.9. The Labute approximate surface area is 98.2 Å². The van der Waals surface area contributed by atoms with Crippen LogP contribution < -0.4 is 14.9 Å². The van der Waals surface area contributed by atoms with Crippen LogP contribution in [-0.2, 0) is 23.2 Å². The van der Waals surface area contributed by atoms with Crippen LogP contribution in [0.15, 0.2) is 6.20 Å². The first-order valence-electron chi connectivity index (χ1n) is 4.94. The van der Waals surface area contributed by atoms with Crippen molar-refractivity contribution < 1.29 is 18.7 Å². The molecule has 0 radical (unpaired) electrons. The van der Waals surface area contributed by atoms with Crippen LogP contribution in [0.4, 0.5) is 0 Å². The van der Waals surface area contributed by atoms with Gasteiger partial charge in [-0.05, 0) is 0 Å². The van der Waals surface area contributed by atoms with Crippen molar-refractivity contribution in [3.05, 3.63) is 11.9 Å². The van der Waals surface area contributed by atoms with E-state index in [-0.39, 0.29) is 5.30 Å². The smallest absolute Gasteiger partial charge is 0.226 e. The number of hydrogen-bond acceptors (Lipinski definition) is 5. The zero-order valence-corrected chi connectivity index (χ0v) is 10.9. The summed E-state index contributed by atoms with van der Waals surface area (Å²) in [6.45, 7) is 1.68. The minimum absolute atomic E-state index is 0.139. The van der Waals surface area contributed by atoms with Gasteiger partial charge < -0.3 is 14.0 Å². The van der Waals surface area contributed by atoms with Gasteiger partial charge >= 0.3 is 0 Å². The van der Waals surface area contributed by atoms with Crippen molar-refractivity contribution >= 4 is 23.9 Å². The van der Waals surface area contributed by atoms with Crippen molar-refractivity contribution in [2.45, 2.75) is 6.92 Å². The number of aryl methyl sites for hydroxylation is 2. The molecule has 2 aromatic rings. The average molecular weight is 256 g/mol. The van der Waals surface area contributed by atoms with Crippen molar-refractivity contribution in [3.63, 3.8) is 0 Å². The zero-order valence-electron chi connectivity index (χ0n) is 10.0. The van der Waals surface area contributed by atoms with E-state index in [1.165, 1.54) is 15.6 Å². The van der Waals surface area contributed by atoms with Crippen molar-refractivity contribution in [3.8, 4) is 0 Å². The second-order valence-electron chi connectivity index (χ2n) is 3.74. The van der Waals surface area contributed by atoms with Gasteiger partial charge in [-0.3, -0.25) is 0 Å². The van der Waals surface area contributed by atoms with Crippen LogP contribution in [0.5, 0.6) is 0 Å². The lowest BCUT2D eigenvalue weighted by Crippen LogP contribution is -2.43. The van der Waals surface area contributed by atoms with E-state index < -0.39 is 7.60 Å². The second kappa shape index (κ2) is 3.87. The third-order valence-corrected chi connectivity index (χ3v) is 4.34. The molecule has 0 fully saturated rings. The first-order valence-corrected chi connectivity index (χ1v) is 6.48. The van der Waals surface area contributed by atoms with Gasteiger partial charge in [-0.2, -0.15) is 5.10 Å². The van der Waals surface area contributed by atoms with Gasteiger partial charge in [0, 0.05) is 26.2 Å². The number of nitrogens with zero attached hydrogens (tertiary/aromatic N) is 4. The quantitative estimate of drug-likeness (QED) is 0.504. The summed E-state index contributed by atoms with van der Waals surface area (Å²) in [5, 5.41) is 8.87. The molecule has 0 spiro atoms. The molecule has 7 nitrogen and oxygen atoms in total. The van der Waals surface area contributed by atoms with Gasteiger partial charge in [0.05, 0.1) is 11.6 Å². The molecule has 0 amide bonds. The zero-order chi connectivity index (χ0) is 12.8. The lowest BCUT2D eigenvalue weighted by atomic mass is 10.3. The normalized spacial score (nSPS) is 15.1. The molecule has 8 heteroatoms. The van der Waals surface area contributed by atoms with Gasteiger partial charge in [0.25, 0.3) is 0 Å². The van der Waals surface area contributed by atoms with Gasteiger partial charge in [-0.1, -0.05) is 4.68 Å². The predicted octanol–water partition coefficient (Wildman–Crippen LogP) is -1.07. The molecule has 92 valence electrons. The highest BCUT2D eigenvalue weighted by Gasteiger charge is 2.26. The Hall–Kier alpha value is -1.30. The van der Waals surface area contributed by atoms with Crippen LogP contribution in [-0.4, -0.2) is 22.0 Å². The molecule has 0 aromatic carbocycles. The van der Waals surface area contributed by atoms with Crippen LogP contribution in [0, 0.1) is 6.92 Å². The number of rotatable bonds is 2. The summed E-state index contributed by atoms with van der Waals surface area (Å²) >= 11 is 0. The molecule has 2 aromatic heterocycles. The molecule has 0 aliphatic rings. The van der Waals surface area contributed by atoms with Crippen molar-refractivity contribution in [2.24, 2.45) is 14.1 Å². The average Bonchev–Trinajstić information content (AvgIpc) is 2.61. The van der Waals surface area contributed by atoms with E-state index in [0.29, 0.717) is 16.7 Å². The topological polar surface area (TPSA) is 83.9 Å². The number of fused-ring (bicyclic) bond motifs is 1. The summed E-state index contributed by atoms with van der Waals surface area (Å²) in [6.07, 6.45) is 1.48. The first-order chi connectivity index (χ1) is 7.88. The molecule has 0 bridgehead atoms. The fraction of sp³-hybridized carbons (Fsp3) is 0.444. The summed E-state index contributed by atoms with van der Waals surface area (Å²) in [7, 11) is 0.449. The van der Waals surface area contributed by atoms with Crippen LogP contribution in [0.3, 0.4) is 0 Å². The Kier molecular flexibility index (Phi) is 2.77. The third-order valence-electron chi connectivity index (χ3n) is 2.75. The van der Waals surface area contributed by atoms with Crippen molar-refractivity contribution in [2.75, 3.05) is 7.11 Å². The first kappa shape index (κ1) is 12.2. The summed E-state index contributed by atoms with van der Waals surface area (Å²) < 4.78 is 19.5.